The van der Waals surface area contributed by atoms with Gasteiger partial charge in [0.15, 0.2) is 11.2 Å². The van der Waals surface area contributed by atoms with E-state index in [4.69, 9.17) is 4.74 Å². The topological polar surface area (TPSA) is 112 Å². The Morgan fingerprint density at radius 2 is 1.74 bits per heavy atom. The number of aliphatic hydroxyl groups is 2. The Bertz CT molecular complexity index is 1440. The summed E-state index contributed by atoms with van der Waals surface area (Å²) in [6.45, 7) is 4.24. The molecule has 0 saturated heterocycles. The molecule has 2 N–H and O–H groups in total. The first kappa shape index (κ1) is 24.7. The minimum atomic E-state index is -1.08. The molecule has 2 heterocycles. The summed E-state index contributed by atoms with van der Waals surface area (Å²) in [5, 5.41) is 22.6. The Balaban J connectivity index is 1.65. The standard InChI is InChI=1S/C26H32N4O5/c1-3-5-13-29-24-23(28(12-4-2)22(16-31)27-24)25(33)30(26(29)34)15-20(32)17-35-21-11-10-18-8-6-7-9-19(18)14-21/h6-11,14,20,31-32H,3-5,12-13,15-17H2,1-2H3/t20-/m1/s1. The van der Waals surface area contributed by atoms with Gasteiger partial charge in [0.05, 0.1) is 6.54 Å². The highest BCUT2D eigenvalue weighted by Gasteiger charge is 2.22. The minimum absolute atomic E-state index is 0.0761. The first-order valence-corrected chi connectivity index (χ1v) is 12.1. The van der Waals surface area contributed by atoms with Crippen molar-refractivity contribution in [3.05, 3.63) is 69.1 Å². The van der Waals surface area contributed by atoms with E-state index >= 15 is 0 Å². The Morgan fingerprint density at radius 3 is 2.46 bits per heavy atom. The Morgan fingerprint density at radius 1 is 0.971 bits per heavy atom. The molecule has 0 bridgehead atoms. The molecule has 0 unspecified atom stereocenters. The van der Waals surface area contributed by atoms with Crippen LogP contribution in [0.3, 0.4) is 0 Å². The summed E-state index contributed by atoms with van der Waals surface area (Å²) in [7, 11) is 0. The average Bonchev–Trinajstić information content (AvgIpc) is 3.23. The van der Waals surface area contributed by atoms with Gasteiger partial charge in [-0.1, -0.05) is 50.6 Å². The number of aryl methyl sites for hydroxylation is 2. The summed E-state index contributed by atoms with van der Waals surface area (Å²) < 4.78 is 9.98. The molecule has 0 aliphatic heterocycles. The second kappa shape index (κ2) is 10.9. The van der Waals surface area contributed by atoms with Crippen molar-refractivity contribution in [1.29, 1.82) is 0 Å². The average molecular weight is 481 g/mol. The van der Waals surface area contributed by atoms with Crippen LogP contribution in [0.4, 0.5) is 0 Å². The van der Waals surface area contributed by atoms with E-state index in [-0.39, 0.29) is 30.9 Å². The number of unbranched alkanes of at least 4 members (excludes halogenated alkanes) is 1. The fraction of sp³-hybridized carbons (Fsp3) is 0.423. The van der Waals surface area contributed by atoms with Crippen molar-refractivity contribution in [1.82, 2.24) is 18.7 Å². The number of aliphatic hydroxyl groups excluding tert-OH is 2. The SMILES string of the molecule is CCCCn1c(=O)n(C[C@@H](O)COc2ccc3ccccc3c2)c(=O)c2c1nc(CO)n2CCC. The third-order valence-corrected chi connectivity index (χ3v) is 6.07. The van der Waals surface area contributed by atoms with Gasteiger partial charge < -0.3 is 19.5 Å². The van der Waals surface area contributed by atoms with Crippen LogP contribution < -0.4 is 16.0 Å². The van der Waals surface area contributed by atoms with Crippen molar-refractivity contribution in [3.63, 3.8) is 0 Å². The zero-order valence-corrected chi connectivity index (χ0v) is 20.2. The second-order valence-electron chi connectivity index (χ2n) is 8.69. The van der Waals surface area contributed by atoms with Gasteiger partial charge in [-0.05, 0) is 35.7 Å². The van der Waals surface area contributed by atoms with Crippen LogP contribution >= 0.6 is 0 Å². The monoisotopic (exact) mass is 480 g/mol. The van der Waals surface area contributed by atoms with Crippen LogP contribution in [-0.2, 0) is 26.2 Å². The van der Waals surface area contributed by atoms with E-state index in [0.29, 0.717) is 24.7 Å². The number of aromatic nitrogens is 4. The van der Waals surface area contributed by atoms with Crippen molar-refractivity contribution in [2.24, 2.45) is 0 Å². The van der Waals surface area contributed by atoms with Gasteiger partial charge >= 0.3 is 5.69 Å². The van der Waals surface area contributed by atoms with E-state index < -0.39 is 17.4 Å². The third-order valence-electron chi connectivity index (χ3n) is 6.07. The van der Waals surface area contributed by atoms with Crippen molar-refractivity contribution in [2.45, 2.75) is 65.5 Å². The van der Waals surface area contributed by atoms with Crippen molar-refractivity contribution >= 4 is 21.9 Å². The van der Waals surface area contributed by atoms with Crippen molar-refractivity contribution in [3.8, 4) is 5.75 Å². The van der Waals surface area contributed by atoms with Crippen LogP contribution in [0.5, 0.6) is 5.75 Å². The van der Waals surface area contributed by atoms with Crippen LogP contribution in [0.1, 0.15) is 38.9 Å². The van der Waals surface area contributed by atoms with E-state index in [1.54, 1.807) is 4.57 Å². The first-order valence-electron chi connectivity index (χ1n) is 12.1. The first-order chi connectivity index (χ1) is 17.0. The zero-order valence-electron chi connectivity index (χ0n) is 20.2. The predicted octanol–water partition coefficient (Wildman–Crippen LogP) is 2.66. The lowest BCUT2D eigenvalue weighted by molar-refractivity contribution is 0.0902. The number of fused-ring (bicyclic) bond motifs is 2. The predicted molar refractivity (Wildman–Crippen MR) is 135 cm³/mol. The van der Waals surface area contributed by atoms with Gasteiger partial charge in [0.2, 0.25) is 0 Å². The molecule has 0 saturated carbocycles. The van der Waals surface area contributed by atoms with Gasteiger partial charge in [-0.3, -0.25) is 13.9 Å². The molecular weight excluding hydrogens is 448 g/mol. The number of nitrogens with zero attached hydrogens (tertiary/aromatic N) is 4. The van der Waals surface area contributed by atoms with E-state index in [9.17, 15) is 19.8 Å². The van der Waals surface area contributed by atoms with Gasteiger partial charge in [-0.2, -0.15) is 0 Å². The quantitative estimate of drug-likeness (QED) is 0.341. The second-order valence-corrected chi connectivity index (χ2v) is 8.69. The van der Waals surface area contributed by atoms with Crippen LogP contribution in [-0.4, -0.2) is 41.6 Å². The molecule has 1 atom stereocenters. The van der Waals surface area contributed by atoms with Gasteiger partial charge in [0, 0.05) is 13.1 Å². The highest BCUT2D eigenvalue weighted by Crippen LogP contribution is 2.20. The number of rotatable bonds is 11. The number of imidazole rings is 1. The molecule has 9 heteroatoms. The van der Waals surface area contributed by atoms with Gasteiger partial charge in [-0.25, -0.2) is 9.78 Å². The molecule has 4 rings (SSSR count). The fourth-order valence-corrected chi connectivity index (χ4v) is 4.31. The molecule has 9 nitrogen and oxygen atoms in total. The lowest BCUT2D eigenvalue weighted by Crippen LogP contribution is -2.44. The lowest BCUT2D eigenvalue weighted by Gasteiger charge is -2.16. The van der Waals surface area contributed by atoms with Crippen molar-refractivity contribution in [2.75, 3.05) is 6.61 Å². The highest BCUT2D eigenvalue weighted by atomic mass is 16.5. The van der Waals surface area contributed by atoms with Crippen LogP contribution in [0.2, 0.25) is 0 Å². The van der Waals surface area contributed by atoms with Gasteiger partial charge in [0.25, 0.3) is 5.56 Å². The maximum Gasteiger partial charge on any atom is 0.332 e. The van der Waals surface area contributed by atoms with Gasteiger partial charge in [-0.15, -0.1) is 0 Å². The van der Waals surface area contributed by atoms with E-state index in [1.807, 2.05) is 56.3 Å². The van der Waals surface area contributed by atoms with Crippen molar-refractivity contribution < 1.29 is 14.9 Å². The molecule has 0 spiro atoms. The third kappa shape index (κ3) is 5.01. The Hall–Kier alpha value is -3.43. The maximum absolute atomic E-state index is 13.4. The van der Waals surface area contributed by atoms with Crippen LogP contribution in [0.15, 0.2) is 52.1 Å². The molecule has 2 aromatic carbocycles. The summed E-state index contributed by atoms with van der Waals surface area (Å²) in [4.78, 5) is 31.1. The summed E-state index contributed by atoms with van der Waals surface area (Å²) in [6.07, 6.45) is 1.24. The molecule has 186 valence electrons. The summed E-state index contributed by atoms with van der Waals surface area (Å²) in [5.74, 6) is 0.945. The zero-order chi connectivity index (χ0) is 24.9. The van der Waals surface area contributed by atoms with E-state index in [0.717, 1.165) is 34.6 Å². The van der Waals surface area contributed by atoms with E-state index in [1.165, 1.54) is 4.57 Å². The molecule has 4 aromatic rings. The van der Waals surface area contributed by atoms with Gasteiger partial charge in [0.1, 0.15) is 30.9 Å². The molecule has 0 radical (unpaired) electrons. The summed E-state index contributed by atoms with van der Waals surface area (Å²) in [6, 6.07) is 13.5. The molecule has 2 aromatic heterocycles. The number of ether oxygens (including phenoxy) is 1. The van der Waals surface area contributed by atoms with Crippen LogP contribution in [0.25, 0.3) is 21.9 Å². The lowest BCUT2D eigenvalue weighted by atomic mass is 10.1. The smallest absolute Gasteiger partial charge is 0.332 e. The largest absolute Gasteiger partial charge is 0.491 e. The molecule has 35 heavy (non-hydrogen) atoms. The Kier molecular flexibility index (Phi) is 7.67. The maximum atomic E-state index is 13.4. The van der Waals surface area contributed by atoms with Crippen LogP contribution in [0, 0.1) is 0 Å². The number of hydrogen-bond donors (Lipinski definition) is 2. The number of hydrogen-bond acceptors (Lipinski definition) is 6. The molecule has 0 fully saturated rings. The molecular formula is C26H32N4O5. The fourth-order valence-electron chi connectivity index (χ4n) is 4.31. The number of benzene rings is 2. The molecule has 0 aliphatic rings. The minimum Gasteiger partial charge on any atom is -0.491 e. The molecule has 0 aliphatic carbocycles. The highest BCUT2D eigenvalue weighted by molar-refractivity contribution is 5.83. The molecule has 0 amide bonds. The van der Waals surface area contributed by atoms with E-state index in [2.05, 4.69) is 4.98 Å². The summed E-state index contributed by atoms with van der Waals surface area (Å²) in [5.41, 5.74) is -0.493. The Labute approximate surface area is 202 Å². The normalized spacial score (nSPS) is 12.5. The summed E-state index contributed by atoms with van der Waals surface area (Å²) >= 11 is 0.